The highest BCUT2D eigenvalue weighted by Crippen LogP contribution is 2.38. The van der Waals surface area contributed by atoms with Crippen LogP contribution in [0.3, 0.4) is 0 Å². The number of rotatable bonds is 0. The zero-order valence-electron chi connectivity index (χ0n) is 10.6. The van der Waals surface area contributed by atoms with Gasteiger partial charge in [0.15, 0.2) is 11.4 Å². The molecule has 1 N–H and O–H groups in total. The van der Waals surface area contributed by atoms with Crippen LogP contribution in [0.2, 0.25) is 19.6 Å². The number of carbonyl (C=O) groups excluding carboxylic acids is 1. The molecule has 1 aliphatic heterocycles. The minimum absolute atomic E-state index is 0.0646. The van der Waals surface area contributed by atoms with Gasteiger partial charge in [-0.1, -0.05) is 25.6 Å². The summed E-state index contributed by atoms with van der Waals surface area (Å²) < 4.78 is 5.36. The molecule has 0 aromatic carbocycles. The van der Waals surface area contributed by atoms with Crippen LogP contribution >= 0.6 is 0 Å². The van der Waals surface area contributed by atoms with Crippen molar-refractivity contribution in [1.29, 1.82) is 0 Å². The van der Waals surface area contributed by atoms with Crippen LogP contribution in [0.4, 0.5) is 0 Å². The lowest BCUT2D eigenvalue weighted by molar-refractivity contribution is -0.119. The van der Waals surface area contributed by atoms with Crippen molar-refractivity contribution in [3.8, 4) is 11.5 Å². The molecule has 1 aliphatic carbocycles. The molecule has 0 radical (unpaired) electrons. The molecular weight excluding hydrogens is 232 g/mol. The van der Waals surface area contributed by atoms with Gasteiger partial charge in [0.2, 0.25) is 5.78 Å². The highest BCUT2D eigenvalue weighted by atomic mass is 28.3. The first-order valence-corrected chi connectivity index (χ1v) is 9.48. The number of ether oxygens (including phenoxy) is 1. The van der Waals surface area contributed by atoms with Crippen LogP contribution in [-0.2, 0) is 9.53 Å². The van der Waals surface area contributed by atoms with Crippen molar-refractivity contribution in [1.82, 2.24) is 0 Å². The number of aliphatic hydroxyl groups is 1. The number of carbonyl (C=O) groups is 1. The minimum Gasteiger partial charge on any atom is -0.490 e. The zero-order valence-corrected chi connectivity index (χ0v) is 11.6. The van der Waals surface area contributed by atoms with E-state index in [2.05, 4.69) is 31.1 Å². The molecule has 0 saturated heterocycles. The number of hydrogen-bond donors (Lipinski definition) is 1. The Balaban J connectivity index is 2.36. The predicted molar refractivity (Wildman–Crippen MR) is 67.9 cm³/mol. The van der Waals surface area contributed by atoms with Crippen LogP contribution in [0, 0.1) is 11.5 Å². The second-order valence-electron chi connectivity index (χ2n) is 5.72. The third-order valence-corrected chi connectivity index (χ3v) is 3.78. The monoisotopic (exact) mass is 250 g/mol. The van der Waals surface area contributed by atoms with Gasteiger partial charge < -0.3 is 9.84 Å². The molecule has 1 atom stereocenters. The van der Waals surface area contributed by atoms with Gasteiger partial charge in [0.05, 0.1) is 13.0 Å². The molecule has 92 valence electrons. The fraction of sp³-hybridized carbons (Fsp3) is 0.615. The summed E-state index contributed by atoms with van der Waals surface area (Å²) in [5.41, 5.74) is 2.61. The first-order chi connectivity index (χ1) is 7.82. The van der Waals surface area contributed by atoms with E-state index in [1.54, 1.807) is 0 Å². The molecule has 17 heavy (non-hydrogen) atoms. The van der Waals surface area contributed by atoms with Gasteiger partial charge >= 0.3 is 0 Å². The van der Waals surface area contributed by atoms with Crippen molar-refractivity contribution >= 4 is 13.9 Å². The third kappa shape index (κ3) is 2.45. The second kappa shape index (κ2) is 4.00. The third-order valence-electron chi connectivity index (χ3n) is 2.90. The van der Waals surface area contributed by atoms with E-state index < -0.39 is 13.7 Å². The van der Waals surface area contributed by atoms with Crippen molar-refractivity contribution < 1.29 is 14.6 Å². The average molecular weight is 250 g/mol. The normalized spacial score (nSPS) is 28.4. The SMILES string of the molecule is C[Si](C)(C)C#CC1(O)CC(=O)C2=C1CCCO2. The van der Waals surface area contributed by atoms with E-state index in [1.165, 1.54) is 0 Å². The van der Waals surface area contributed by atoms with Gasteiger partial charge in [-0.15, -0.1) is 5.54 Å². The van der Waals surface area contributed by atoms with E-state index in [9.17, 15) is 9.90 Å². The maximum absolute atomic E-state index is 11.7. The lowest BCUT2D eigenvalue weighted by atomic mass is 9.93. The summed E-state index contributed by atoms with van der Waals surface area (Å²) in [4.78, 5) is 11.7. The van der Waals surface area contributed by atoms with Gasteiger partial charge in [-0.25, -0.2) is 0 Å². The Bertz CT molecular complexity index is 448. The minimum atomic E-state index is -1.55. The Morgan fingerprint density at radius 1 is 1.41 bits per heavy atom. The molecule has 4 heteroatoms. The molecule has 0 bridgehead atoms. The lowest BCUT2D eigenvalue weighted by Crippen LogP contribution is -2.29. The molecule has 2 aliphatic rings. The summed E-state index contributed by atoms with van der Waals surface area (Å²) >= 11 is 0. The van der Waals surface area contributed by atoms with Gasteiger partial charge in [0.25, 0.3) is 0 Å². The van der Waals surface area contributed by atoms with E-state index in [0.717, 1.165) is 12.8 Å². The summed E-state index contributed by atoms with van der Waals surface area (Å²) in [5, 5.41) is 10.5. The van der Waals surface area contributed by atoms with Crippen LogP contribution in [0.5, 0.6) is 0 Å². The Labute approximate surface area is 103 Å². The summed E-state index contributed by atoms with van der Waals surface area (Å²) in [6, 6.07) is 0. The number of ketones is 1. The first-order valence-electron chi connectivity index (χ1n) is 5.98. The van der Waals surface area contributed by atoms with Gasteiger partial charge in [-0.3, -0.25) is 4.79 Å². The molecule has 0 aromatic heterocycles. The standard InChI is InChI=1S/C13H18O3Si/c1-17(2,3)8-6-13(15)9-11(14)12-10(13)5-4-7-16-12/h15H,4-5,7,9H2,1-3H3. The second-order valence-corrected chi connectivity index (χ2v) is 10.5. The van der Waals surface area contributed by atoms with Crippen LogP contribution in [0.25, 0.3) is 0 Å². The fourth-order valence-electron chi connectivity index (χ4n) is 2.10. The smallest absolute Gasteiger partial charge is 0.201 e. The molecule has 0 spiro atoms. The van der Waals surface area contributed by atoms with Gasteiger partial charge in [0, 0.05) is 5.57 Å². The maximum Gasteiger partial charge on any atom is 0.201 e. The highest BCUT2D eigenvalue weighted by Gasteiger charge is 2.45. The Kier molecular flexibility index (Phi) is 2.92. The van der Waals surface area contributed by atoms with Crippen molar-refractivity contribution in [3.05, 3.63) is 11.3 Å². The van der Waals surface area contributed by atoms with Crippen LogP contribution in [-0.4, -0.2) is 31.2 Å². The highest BCUT2D eigenvalue weighted by molar-refractivity contribution is 6.83. The van der Waals surface area contributed by atoms with Crippen molar-refractivity contribution in [2.75, 3.05) is 6.61 Å². The zero-order chi connectivity index (χ0) is 12.7. The average Bonchev–Trinajstić information content (AvgIpc) is 2.50. The summed E-state index contributed by atoms with van der Waals surface area (Å²) in [5.74, 6) is 3.21. The van der Waals surface area contributed by atoms with Crippen LogP contribution < -0.4 is 0 Å². The molecule has 0 aromatic rings. The van der Waals surface area contributed by atoms with Crippen molar-refractivity contribution in [2.24, 2.45) is 0 Å². The lowest BCUT2D eigenvalue weighted by Gasteiger charge is -2.22. The first kappa shape index (κ1) is 12.4. The van der Waals surface area contributed by atoms with E-state index >= 15 is 0 Å². The molecule has 1 heterocycles. The molecular formula is C13H18O3Si. The van der Waals surface area contributed by atoms with Crippen molar-refractivity contribution in [2.45, 2.75) is 44.5 Å². The van der Waals surface area contributed by atoms with Crippen LogP contribution in [0.1, 0.15) is 19.3 Å². The Morgan fingerprint density at radius 2 is 2.12 bits per heavy atom. The maximum atomic E-state index is 11.7. The molecule has 1 unspecified atom stereocenters. The molecule has 0 amide bonds. The van der Waals surface area contributed by atoms with Crippen LogP contribution in [0.15, 0.2) is 11.3 Å². The van der Waals surface area contributed by atoms with Gasteiger partial charge in [-0.2, -0.15) is 0 Å². The topological polar surface area (TPSA) is 46.5 Å². The van der Waals surface area contributed by atoms with E-state index in [-0.39, 0.29) is 12.2 Å². The fourth-order valence-corrected chi connectivity index (χ4v) is 2.68. The molecule has 2 rings (SSSR count). The van der Waals surface area contributed by atoms with E-state index in [0.29, 0.717) is 17.9 Å². The van der Waals surface area contributed by atoms with Gasteiger partial charge in [0.1, 0.15) is 8.07 Å². The van der Waals surface area contributed by atoms with Gasteiger partial charge in [-0.05, 0) is 12.8 Å². The number of allylic oxidation sites excluding steroid dienone is 1. The molecule has 3 nitrogen and oxygen atoms in total. The largest absolute Gasteiger partial charge is 0.490 e. The summed E-state index contributed by atoms with van der Waals surface area (Å²) in [6.45, 7) is 6.93. The molecule has 0 saturated carbocycles. The Morgan fingerprint density at radius 3 is 2.76 bits per heavy atom. The quantitative estimate of drug-likeness (QED) is 0.525. The predicted octanol–water partition coefficient (Wildman–Crippen LogP) is 1.64. The summed E-state index contributed by atoms with van der Waals surface area (Å²) in [6.07, 6.45) is 1.64. The van der Waals surface area contributed by atoms with E-state index in [4.69, 9.17) is 4.74 Å². The summed E-state index contributed by atoms with van der Waals surface area (Å²) in [7, 11) is -1.55. The van der Waals surface area contributed by atoms with Crippen molar-refractivity contribution in [3.63, 3.8) is 0 Å². The Hall–Kier alpha value is -1.05. The number of hydrogen-bond acceptors (Lipinski definition) is 3. The molecule has 0 fully saturated rings. The van der Waals surface area contributed by atoms with E-state index in [1.807, 2.05) is 0 Å². The number of Topliss-reactive ketones (excluding diaryl/α,β-unsaturated/α-hetero) is 1.